The van der Waals surface area contributed by atoms with Crippen molar-refractivity contribution in [3.63, 3.8) is 0 Å². The molecule has 0 aliphatic heterocycles. The van der Waals surface area contributed by atoms with E-state index in [0.29, 0.717) is 25.8 Å². The number of carbonyl (C=O) groups excluding carboxylic acids is 2. The van der Waals surface area contributed by atoms with Gasteiger partial charge in [-0.1, -0.05) is 55.5 Å². The van der Waals surface area contributed by atoms with Gasteiger partial charge in [0, 0.05) is 4.90 Å². The van der Waals surface area contributed by atoms with Gasteiger partial charge in [0.15, 0.2) is 0 Å². The van der Waals surface area contributed by atoms with Gasteiger partial charge in [0.25, 0.3) is 0 Å². The van der Waals surface area contributed by atoms with Crippen LogP contribution in [0, 0.1) is 0 Å². The highest BCUT2D eigenvalue weighted by atomic mass is 32.2. The summed E-state index contributed by atoms with van der Waals surface area (Å²) in [7, 11) is 0. The number of alkyl halides is 3. The monoisotopic (exact) mass is 527 g/mol. The maximum Gasteiger partial charge on any atom is 0.490 e. The van der Waals surface area contributed by atoms with Gasteiger partial charge < -0.3 is 21.9 Å². The first-order valence-corrected chi connectivity index (χ1v) is 12.2. The number of benzene rings is 2. The van der Waals surface area contributed by atoms with Gasteiger partial charge in [0.1, 0.15) is 0 Å². The molecule has 6 N–H and O–H groups in total. The lowest BCUT2D eigenvalue weighted by Crippen LogP contribution is -2.48. The van der Waals surface area contributed by atoms with Crippen LogP contribution in [0.3, 0.4) is 0 Å². The number of hydrogen-bond acceptors (Lipinski definition) is 6. The summed E-state index contributed by atoms with van der Waals surface area (Å²) in [4.78, 5) is 35.3. The lowest BCUT2D eigenvalue weighted by molar-refractivity contribution is -0.192. The van der Waals surface area contributed by atoms with E-state index in [2.05, 4.69) is 12.2 Å². The molecule has 0 unspecified atom stereocenters. The largest absolute Gasteiger partial charge is 0.490 e. The number of halogens is 3. The molecule has 0 aliphatic rings. The van der Waals surface area contributed by atoms with Crippen LogP contribution in [-0.4, -0.2) is 46.9 Å². The number of aliphatic carboxylic acids is 1. The van der Waals surface area contributed by atoms with Crippen molar-refractivity contribution in [3.05, 3.63) is 65.7 Å². The van der Waals surface area contributed by atoms with E-state index in [9.17, 15) is 22.8 Å². The summed E-state index contributed by atoms with van der Waals surface area (Å²) in [5.41, 5.74) is 14.0. The molecule has 0 aliphatic carbocycles. The van der Waals surface area contributed by atoms with Gasteiger partial charge >= 0.3 is 12.1 Å². The minimum absolute atomic E-state index is 0.0806. The van der Waals surface area contributed by atoms with Crippen molar-refractivity contribution in [1.82, 2.24) is 5.32 Å². The van der Waals surface area contributed by atoms with Crippen molar-refractivity contribution in [2.45, 2.75) is 62.2 Å². The van der Waals surface area contributed by atoms with Gasteiger partial charge in [-0.2, -0.15) is 13.2 Å². The van der Waals surface area contributed by atoms with E-state index >= 15 is 0 Å². The number of carbonyl (C=O) groups is 3. The van der Waals surface area contributed by atoms with Crippen LogP contribution in [0.15, 0.2) is 59.5 Å². The third-order valence-corrected chi connectivity index (χ3v) is 6.13. The molecular weight excluding hydrogens is 495 g/mol. The highest BCUT2D eigenvalue weighted by Crippen LogP contribution is 2.26. The second kappa shape index (κ2) is 16.0. The van der Waals surface area contributed by atoms with E-state index in [0.717, 1.165) is 28.9 Å². The van der Waals surface area contributed by atoms with Crippen molar-refractivity contribution < 1.29 is 32.7 Å². The van der Waals surface area contributed by atoms with E-state index in [-0.39, 0.29) is 11.0 Å². The van der Waals surface area contributed by atoms with E-state index in [1.165, 1.54) is 11.8 Å². The Labute approximate surface area is 212 Å². The fourth-order valence-electron chi connectivity index (χ4n) is 3.02. The highest BCUT2D eigenvalue weighted by Gasteiger charge is 2.38. The molecule has 0 aromatic heterocycles. The predicted octanol–water partition coefficient (Wildman–Crippen LogP) is 3.68. The molecule has 36 heavy (non-hydrogen) atoms. The lowest BCUT2D eigenvalue weighted by Gasteiger charge is -2.20. The van der Waals surface area contributed by atoms with Crippen molar-refractivity contribution >= 4 is 28.8 Å². The smallest absolute Gasteiger partial charge is 0.475 e. The number of amides is 1. The molecule has 198 valence electrons. The van der Waals surface area contributed by atoms with Crippen LogP contribution in [0.2, 0.25) is 0 Å². The number of rotatable bonds is 11. The quantitative estimate of drug-likeness (QED) is 0.327. The summed E-state index contributed by atoms with van der Waals surface area (Å²) in [5, 5.41) is 9.90. The molecule has 0 fully saturated rings. The van der Waals surface area contributed by atoms with Crippen molar-refractivity contribution in [2.75, 3.05) is 6.54 Å². The SMILES string of the molecule is CCc1ccccc1SC(=O)[C@H](CCCN)NC(=O)[C@@H](N)CCc1ccccc1.O=C(O)C(F)(F)F. The third kappa shape index (κ3) is 11.7. The maximum atomic E-state index is 12.9. The molecule has 2 atom stereocenters. The first kappa shape index (κ1) is 31.1. The molecule has 2 aromatic carbocycles. The van der Waals surface area contributed by atoms with Crippen LogP contribution in [-0.2, 0) is 27.2 Å². The first-order chi connectivity index (χ1) is 17.0. The molecule has 0 spiro atoms. The second-order valence-electron chi connectivity index (χ2n) is 7.81. The lowest BCUT2D eigenvalue weighted by atomic mass is 10.0. The molecule has 0 bridgehead atoms. The molecule has 0 saturated heterocycles. The summed E-state index contributed by atoms with van der Waals surface area (Å²) < 4.78 is 31.7. The number of thioether (sulfide) groups is 1. The minimum Gasteiger partial charge on any atom is -0.475 e. The Kier molecular flexibility index (Phi) is 13.8. The molecule has 7 nitrogen and oxygen atoms in total. The van der Waals surface area contributed by atoms with Gasteiger partial charge in [-0.05, 0) is 67.6 Å². The molecule has 1 amide bonds. The molecular formula is C25H32F3N3O4S. The predicted molar refractivity (Wildman–Crippen MR) is 133 cm³/mol. The summed E-state index contributed by atoms with van der Waals surface area (Å²) in [5.74, 6) is -3.05. The Hall–Kier alpha value is -2.89. The molecule has 2 aromatic rings. The van der Waals surface area contributed by atoms with Crippen molar-refractivity contribution in [1.29, 1.82) is 0 Å². The van der Waals surface area contributed by atoms with Crippen LogP contribution >= 0.6 is 11.8 Å². The average Bonchev–Trinajstić information content (AvgIpc) is 2.85. The van der Waals surface area contributed by atoms with E-state index in [1.54, 1.807) is 0 Å². The van der Waals surface area contributed by atoms with Gasteiger partial charge in [0.2, 0.25) is 11.0 Å². The Bertz CT molecular complexity index is 975. The van der Waals surface area contributed by atoms with Gasteiger partial charge in [-0.3, -0.25) is 9.59 Å². The van der Waals surface area contributed by atoms with Crippen LogP contribution in [0.5, 0.6) is 0 Å². The Morgan fingerprint density at radius 1 is 1.03 bits per heavy atom. The van der Waals surface area contributed by atoms with Crippen LogP contribution < -0.4 is 16.8 Å². The highest BCUT2D eigenvalue weighted by molar-refractivity contribution is 8.13. The van der Waals surface area contributed by atoms with Gasteiger partial charge in [0.05, 0.1) is 12.1 Å². The summed E-state index contributed by atoms with van der Waals surface area (Å²) >= 11 is 1.18. The summed E-state index contributed by atoms with van der Waals surface area (Å²) in [6, 6.07) is 16.5. The van der Waals surface area contributed by atoms with Crippen LogP contribution in [0.1, 0.15) is 37.3 Å². The number of nitrogens with one attached hydrogen (secondary N) is 1. The minimum atomic E-state index is -5.08. The molecule has 0 heterocycles. The van der Waals surface area contributed by atoms with Crippen molar-refractivity contribution in [3.8, 4) is 0 Å². The topological polar surface area (TPSA) is 136 Å². The molecule has 11 heteroatoms. The normalized spacial score (nSPS) is 12.6. The first-order valence-electron chi connectivity index (χ1n) is 11.4. The van der Waals surface area contributed by atoms with Gasteiger partial charge in [-0.25, -0.2) is 4.79 Å². The summed E-state index contributed by atoms with van der Waals surface area (Å²) in [6.07, 6.45) is -1.82. The number of aryl methyl sites for hydroxylation is 2. The Balaban J connectivity index is 0.000000809. The zero-order valence-corrected chi connectivity index (χ0v) is 20.8. The van der Waals surface area contributed by atoms with Gasteiger partial charge in [-0.15, -0.1) is 0 Å². The van der Waals surface area contributed by atoms with E-state index < -0.39 is 24.2 Å². The van der Waals surface area contributed by atoms with E-state index in [1.807, 2.05) is 54.6 Å². The van der Waals surface area contributed by atoms with Crippen LogP contribution in [0.4, 0.5) is 13.2 Å². The van der Waals surface area contributed by atoms with E-state index in [4.69, 9.17) is 21.4 Å². The zero-order chi connectivity index (χ0) is 27.1. The number of nitrogens with two attached hydrogens (primary N) is 2. The Morgan fingerprint density at radius 3 is 2.17 bits per heavy atom. The molecule has 0 saturated carbocycles. The second-order valence-corrected chi connectivity index (χ2v) is 8.85. The fourth-order valence-corrected chi connectivity index (χ4v) is 4.05. The Morgan fingerprint density at radius 2 is 1.61 bits per heavy atom. The fraction of sp³-hybridized carbons (Fsp3) is 0.400. The summed E-state index contributed by atoms with van der Waals surface area (Å²) in [6.45, 7) is 2.53. The van der Waals surface area contributed by atoms with Crippen LogP contribution in [0.25, 0.3) is 0 Å². The molecule has 0 radical (unpaired) electrons. The third-order valence-electron chi connectivity index (χ3n) is 5.03. The standard InChI is InChI=1S/C23H31N3O2S.C2HF3O2/c1-2-18-11-6-7-13-21(18)29-23(28)20(12-8-16-24)26-22(27)19(25)15-14-17-9-4-3-5-10-17;3-2(4,5)1(6)7/h3-7,9-11,13,19-20H,2,8,12,14-16,24-25H2,1H3,(H,26,27);(H,6,7)/t19-,20-;/m0./s1. The molecule has 2 rings (SSSR count). The average molecular weight is 528 g/mol. The number of carboxylic acid groups (broad SMARTS) is 1. The zero-order valence-electron chi connectivity index (χ0n) is 20.0. The number of carboxylic acids is 1. The number of hydrogen-bond donors (Lipinski definition) is 4. The van der Waals surface area contributed by atoms with Crippen molar-refractivity contribution in [2.24, 2.45) is 11.5 Å². The maximum absolute atomic E-state index is 12.9.